The quantitative estimate of drug-likeness (QED) is 0.795. The van der Waals surface area contributed by atoms with Crippen LogP contribution in [-0.4, -0.2) is 39.9 Å². The highest BCUT2D eigenvalue weighted by molar-refractivity contribution is 5.85. The van der Waals surface area contributed by atoms with Gasteiger partial charge in [-0.15, -0.1) is 0 Å². The van der Waals surface area contributed by atoms with E-state index in [4.69, 9.17) is 4.74 Å². The first kappa shape index (κ1) is 18.4. The van der Waals surface area contributed by atoms with Crippen LogP contribution in [0.25, 0.3) is 0 Å². The van der Waals surface area contributed by atoms with Crippen molar-refractivity contribution in [3.63, 3.8) is 0 Å². The second-order valence-corrected chi connectivity index (χ2v) is 7.54. The SMILES string of the molecule is CC1CCCN(C(=O)CCc2ccncc2)C1C(=O)OC(C)(C)C. The van der Waals surface area contributed by atoms with Crippen LogP contribution in [-0.2, 0) is 20.7 Å². The van der Waals surface area contributed by atoms with Gasteiger partial charge in [0, 0.05) is 25.4 Å². The van der Waals surface area contributed by atoms with Gasteiger partial charge in [0.2, 0.25) is 5.91 Å². The van der Waals surface area contributed by atoms with Crippen LogP contribution in [0.3, 0.4) is 0 Å². The molecule has 1 aliphatic rings. The smallest absolute Gasteiger partial charge is 0.329 e. The number of nitrogens with zero attached hydrogens (tertiary/aromatic N) is 2. The maximum Gasteiger partial charge on any atom is 0.329 e. The van der Waals surface area contributed by atoms with Gasteiger partial charge in [-0.25, -0.2) is 4.79 Å². The molecule has 2 atom stereocenters. The highest BCUT2D eigenvalue weighted by atomic mass is 16.6. The van der Waals surface area contributed by atoms with E-state index in [0.29, 0.717) is 19.4 Å². The number of rotatable bonds is 4. The van der Waals surface area contributed by atoms with Crippen molar-refractivity contribution >= 4 is 11.9 Å². The van der Waals surface area contributed by atoms with Crippen LogP contribution in [0.5, 0.6) is 0 Å². The number of hydrogen-bond acceptors (Lipinski definition) is 4. The van der Waals surface area contributed by atoms with Crippen molar-refractivity contribution in [2.75, 3.05) is 6.54 Å². The lowest BCUT2D eigenvalue weighted by Crippen LogP contribution is -2.53. The maximum absolute atomic E-state index is 12.7. The third-order valence-electron chi connectivity index (χ3n) is 4.28. The van der Waals surface area contributed by atoms with Crippen LogP contribution in [0.2, 0.25) is 0 Å². The van der Waals surface area contributed by atoms with Gasteiger partial charge in [-0.3, -0.25) is 9.78 Å². The molecular weight excluding hydrogens is 304 g/mol. The Morgan fingerprint density at radius 3 is 2.58 bits per heavy atom. The van der Waals surface area contributed by atoms with Crippen molar-refractivity contribution in [1.29, 1.82) is 0 Å². The monoisotopic (exact) mass is 332 g/mol. The van der Waals surface area contributed by atoms with Crippen molar-refractivity contribution in [3.8, 4) is 0 Å². The van der Waals surface area contributed by atoms with Crippen LogP contribution < -0.4 is 0 Å². The van der Waals surface area contributed by atoms with Crippen LogP contribution in [0, 0.1) is 5.92 Å². The van der Waals surface area contributed by atoms with Crippen molar-refractivity contribution in [1.82, 2.24) is 9.88 Å². The number of hydrogen-bond donors (Lipinski definition) is 0. The Balaban J connectivity index is 2.04. The number of esters is 1. The molecule has 1 aromatic rings. The summed E-state index contributed by atoms with van der Waals surface area (Å²) in [4.78, 5) is 31.0. The van der Waals surface area contributed by atoms with Crippen LogP contribution >= 0.6 is 0 Å². The molecule has 0 aliphatic carbocycles. The van der Waals surface area contributed by atoms with E-state index >= 15 is 0 Å². The first-order chi connectivity index (χ1) is 11.3. The number of amides is 1. The standard InChI is InChI=1S/C19H28N2O3/c1-14-6-5-13-21(17(14)18(23)24-19(2,3)4)16(22)8-7-15-9-11-20-12-10-15/h9-12,14,17H,5-8,13H2,1-4H3. The van der Waals surface area contributed by atoms with Gasteiger partial charge in [0.1, 0.15) is 11.6 Å². The van der Waals surface area contributed by atoms with Crippen molar-refractivity contribution in [2.24, 2.45) is 5.92 Å². The van der Waals surface area contributed by atoms with Gasteiger partial charge in [-0.05, 0) is 63.6 Å². The van der Waals surface area contributed by atoms with Gasteiger partial charge >= 0.3 is 5.97 Å². The first-order valence-corrected chi connectivity index (χ1v) is 8.69. The van der Waals surface area contributed by atoms with Crippen molar-refractivity contribution in [3.05, 3.63) is 30.1 Å². The van der Waals surface area contributed by atoms with Crippen LogP contribution in [0.15, 0.2) is 24.5 Å². The zero-order valence-corrected chi connectivity index (χ0v) is 15.1. The molecule has 1 aliphatic heterocycles. The van der Waals surface area contributed by atoms with Gasteiger partial charge in [-0.1, -0.05) is 6.92 Å². The molecule has 0 bridgehead atoms. The van der Waals surface area contributed by atoms with E-state index < -0.39 is 11.6 Å². The molecule has 0 N–H and O–H groups in total. The average molecular weight is 332 g/mol. The highest BCUT2D eigenvalue weighted by Gasteiger charge is 2.39. The van der Waals surface area contributed by atoms with E-state index in [1.807, 2.05) is 39.8 Å². The molecule has 5 nitrogen and oxygen atoms in total. The molecule has 2 unspecified atom stereocenters. The maximum atomic E-state index is 12.7. The molecule has 132 valence electrons. The van der Waals surface area contributed by atoms with Crippen LogP contribution in [0.4, 0.5) is 0 Å². The molecule has 24 heavy (non-hydrogen) atoms. The molecule has 0 aromatic carbocycles. The Morgan fingerprint density at radius 2 is 1.96 bits per heavy atom. The number of likely N-dealkylation sites (tertiary alicyclic amines) is 1. The molecular formula is C19H28N2O3. The Kier molecular flexibility index (Phi) is 5.97. The number of carbonyl (C=O) groups excluding carboxylic acids is 2. The van der Waals surface area contributed by atoms with Crippen molar-refractivity contribution < 1.29 is 14.3 Å². The number of aromatic nitrogens is 1. The van der Waals surface area contributed by atoms with Gasteiger partial charge in [0.25, 0.3) is 0 Å². The lowest BCUT2D eigenvalue weighted by atomic mass is 9.90. The van der Waals surface area contributed by atoms with E-state index in [9.17, 15) is 9.59 Å². The Hall–Kier alpha value is -1.91. The van der Waals surface area contributed by atoms with E-state index in [0.717, 1.165) is 18.4 Å². The number of ether oxygens (including phenoxy) is 1. The molecule has 0 radical (unpaired) electrons. The molecule has 1 aromatic heterocycles. The van der Waals surface area contributed by atoms with Gasteiger partial charge < -0.3 is 9.64 Å². The zero-order chi connectivity index (χ0) is 17.7. The fraction of sp³-hybridized carbons (Fsp3) is 0.632. The molecule has 0 saturated carbocycles. The highest BCUT2D eigenvalue weighted by Crippen LogP contribution is 2.26. The van der Waals surface area contributed by atoms with E-state index in [1.54, 1.807) is 17.3 Å². The summed E-state index contributed by atoms with van der Waals surface area (Å²) >= 11 is 0. The lowest BCUT2D eigenvalue weighted by molar-refractivity contribution is -0.169. The average Bonchev–Trinajstić information content (AvgIpc) is 2.51. The minimum absolute atomic E-state index is 0.0224. The van der Waals surface area contributed by atoms with Crippen LogP contribution in [0.1, 0.15) is 52.5 Å². The predicted octanol–water partition coefficient (Wildman–Crippen LogP) is 2.98. The Bertz CT molecular complexity index is 566. The van der Waals surface area contributed by atoms with Gasteiger partial charge in [-0.2, -0.15) is 0 Å². The largest absolute Gasteiger partial charge is 0.458 e. The summed E-state index contributed by atoms with van der Waals surface area (Å²) in [6.07, 6.45) is 6.39. The fourth-order valence-corrected chi connectivity index (χ4v) is 3.13. The third-order valence-corrected chi connectivity index (χ3v) is 4.28. The lowest BCUT2D eigenvalue weighted by Gasteiger charge is -2.39. The third kappa shape index (κ3) is 5.05. The summed E-state index contributed by atoms with van der Waals surface area (Å²) in [6, 6.07) is 3.36. The first-order valence-electron chi connectivity index (χ1n) is 8.69. The Morgan fingerprint density at radius 1 is 1.29 bits per heavy atom. The number of pyridine rings is 1. The molecule has 2 rings (SSSR count). The minimum Gasteiger partial charge on any atom is -0.458 e. The van der Waals surface area contributed by atoms with E-state index in [2.05, 4.69) is 4.98 Å². The molecule has 0 spiro atoms. The second-order valence-electron chi connectivity index (χ2n) is 7.54. The second kappa shape index (κ2) is 7.77. The van der Waals surface area contributed by atoms with E-state index in [-0.39, 0.29) is 17.8 Å². The molecule has 1 saturated heterocycles. The number of aryl methyl sites for hydroxylation is 1. The molecule has 1 fully saturated rings. The summed E-state index contributed by atoms with van der Waals surface area (Å²) in [7, 11) is 0. The van der Waals surface area contributed by atoms with Gasteiger partial charge in [0.05, 0.1) is 0 Å². The normalized spacial score (nSPS) is 21.4. The zero-order valence-electron chi connectivity index (χ0n) is 15.1. The molecule has 2 heterocycles. The topological polar surface area (TPSA) is 59.5 Å². The number of carbonyl (C=O) groups is 2. The predicted molar refractivity (Wildman–Crippen MR) is 92.3 cm³/mol. The van der Waals surface area contributed by atoms with E-state index in [1.165, 1.54) is 0 Å². The minimum atomic E-state index is -0.542. The summed E-state index contributed by atoms with van der Waals surface area (Å²) < 4.78 is 5.55. The number of piperidine rings is 1. The summed E-state index contributed by atoms with van der Waals surface area (Å²) in [5.41, 5.74) is 0.539. The summed E-state index contributed by atoms with van der Waals surface area (Å²) in [5, 5.41) is 0. The summed E-state index contributed by atoms with van der Waals surface area (Å²) in [6.45, 7) is 8.22. The molecule has 5 heteroatoms. The molecule has 1 amide bonds. The summed E-state index contributed by atoms with van der Waals surface area (Å²) in [5.74, 6) is -0.139. The van der Waals surface area contributed by atoms with Gasteiger partial charge in [0.15, 0.2) is 0 Å². The van der Waals surface area contributed by atoms with Crippen molar-refractivity contribution in [2.45, 2.75) is 65.0 Å². The fourth-order valence-electron chi connectivity index (χ4n) is 3.13. The Labute approximate surface area is 144 Å².